The van der Waals surface area contributed by atoms with Crippen LogP contribution in [-0.2, 0) is 10.2 Å². The smallest absolute Gasteiger partial charge is 0.282 e. The number of aliphatic hydroxyl groups is 1. The normalized spacial score (nSPS) is 33.7. The Balaban J connectivity index is 2.06. The highest BCUT2D eigenvalue weighted by Crippen LogP contribution is 2.26. The average Bonchev–Trinajstić information content (AvgIpc) is 2.45. The number of β-amino-alcohol motifs (C(OH)–C–C–N with tert-alkyl or cyclic N) is 1. The highest BCUT2D eigenvalue weighted by molar-refractivity contribution is 7.86. The molecule has 6 nitrogen and oxygen atoms in total. The van der Waals surface area contributed by atoms with Gasteiger partial charge in [0.1, 0.15) is 0 Å². The molecule has 1 N–H and O–H groups in total. The molecule has 2 saturated heterocycles. The summed E-state index contributed by atoms with van der Waals surface area (Å²) in [6.45, 7) is 11.8. The first-order valence-corrected chi connectivity index (χ1v) is 10.3. The number of hydrogen-bond acceptors (Lipinski definition) is 4. The molecule has 2 aliphatic heterocycles. The third-order valence-corrected chi connectivity index (χ3v) is 6.96. The zero-order valence-corrected chi connectivity index (χ0v) is 15.8. The van der Waals surface area contributed by atoms with E-state index in [2.05, 4.69) is 25.7 Å². The van der Waals surface area contributed by atoms with E-state index in [4.69, 9.17) is 0 Å². The third-order valence-electron chi connectivity index (χ3n) is 5.03. The first-order chi connectivity index (χ1) is 10.7. The number of rotatable bonds is 5. The lowest BCUT2D eigenvalue weighted by molar-refractivity contribution is 0.0586. The minimum atomic E-state index is -3.37. The van der Waals surface area contributed by atoms with E-state index in [9.17, 15) is 13.5 Å². The third kappa shape index (κ3) is 4.66. The minimum absolute atomic E-state index is 0.188. The van der Waals surface area contributed by atoms with E-state index >= 15 is 0 Å². The topological polar surface area (TPSA) is 64.1 Å². The molecule has 0 bridgehead atoms. The van der Waals surface area contributed by atoms with E-state index in [1.54, 1.807) is 15.5 Å². The molecule has 0 aromatic rings. The van der Waals surface area contributed by atoms with E-state index in [0.717, 1.165) is 12.8 Å². The van der Waals surface area contributed by atoms with Crippen LogP contribution in [0.4, 0.5) is 0 Å². The van der Waals surface area contributed by atoms with Crippen molar-refractivity contribution in [2.45, 2.75) is 52.7 Å². The number of nitrogens with zero attached hydrogens (tertiary/aromatic N) is 3. The highest BCUT2D eigenvalue weighted by atomic mass is 32.2. The molecule has 0 spiro atoms. The van der Waals surface area contributed by atoms with Gasteiger partial charge in [-0.25, -0.2) is 0 Å². The molecular formula is C16H33N3O3S. The van der Waals surface area contributed by atoms with Gasteiger partial charge in [0.2, 0.25) is 0 Å². The predicted octanol–water partition coefficient (Wildman–Crippen LogP) is 0.986. The fourth-order valence-electron chi connectivity index (χ4n) is 4.00. The van der Waals surface area contributed by atoms with E-state index in [1.807, 2.05) is 0 Å². The zero-order valence-electron chi connectivity index (χ0n) is 15.0. The Kier molecular flexibility index (Phi) is 6.47. The molecule has 0 radical (unpaired) electrons. The van der Waals surface area contributed by atoms with Gasteiger partial charge in [-0.15, -0.1) is 0 Å². The average molecular weight is 348 g/mol. The molecule has 0 saturated carbocycles. The van der Waals surface area contributed by atoms with Crippen LogP contribution < -0.4 is 0 Å². The summed E-state index contributed by atoms with van der Waals surface area (Å²) in [5.74, 6) is 0.846. The van der Waals surface area contributed by atoms with Gasteiger partial charge in [0.15, 0.2) is 0 Å². The summed E-state index contributed by atoms with van der Waals surface area (Å²) < 4.78 is 29.4. The minimum Gasteiger partial charge on any atom is -0.392 e. The van der Waals surface area contributed by atoms with E-state index < -0.39 is 10.2 Å². The Bertz CT molecular complexity index is 473. The van der Waals surface area contributed by atoms with Crippen LogP contribution in [-0.4, -0.2) is 78.4 Å². The number of piperazine rings is 1. The molecule has 2 fully saturated rings. The van der Waals surface area contributed by atoms with Crippen molar-refractivity contribution in [2.24, 2.45) is 11.8 Å². The Hall–Kier alpha value is -0.210. The van der Waals surface area contributed by atoms with E-state index in [0.29, 0.717) is 51.1 Å². The quantitative estimate of drug-likeness (QED) is 0.805. The van der Waals surface area contributed by atoms with Gasteiger partial charge in [-0.1, -0.05) is 20.8 Å². The van der Waals surface area contributed by atoms with Crippen LogP contribution in [0.5, 0.6) is 0 Å². The van der Waals surface area contributed by atoms with Crippen LogP contribution in [0.1, 0.15) is 40.5 Å². The Labute approximate surface area is 141 Å². The van der Waals surface area contributed by atoms with Crippen LogP contribution in [0, 0.1) is 11.8 Å². The molecule has 0 aromatic heterocycles. The maximum atomic E-state index is 13.0. The van der Waals surface area contributed by atoms with Gasteiger partial charge in [-0.2, -0.15) is 17.0 Å². The lowest BCUT2D eigenvalue weighted by Crippen LogP contribution is -2.59. The molecule has 0 aliphatic carbocycles. The summed E-state index contributed by atoms with van der Waals surface area (Å²) in [7, 11) is -3.37. The van der Waals surface area contributed by atoms with E-state index in [1.165, 1.54) is 0 Å². The van der Waals surface area contributed by atoms with Crippen molar-refractivity contribution >= 4 is 10.2 Å². The largest absolute Gasteiger partial charge is 0.392 e. The lowest BCUT2D eigenvalue weighted by Gasteiger charge is -2.44. The van der Waals surface area contributed by atoms with E-state index in [-0.39, 0.29) is 12.1 Å². The molecule has 0 aromatic carbocycles. The van der Waals surface area contributed by atoms with Crippen molar-refractivity contribution in [3.63, 3.8) is 0 Å². The van der Waals surface area contributed by atoms with Crippen LogP contribution in [0.15, 0.2) is 0 Å². The number of hydrogen-bond donors (Lipinski definition) is 1. The van der Waals surface area contributed by atoms with Crippen molar-refractivity contribution in [3.8, 4) is 0 Å². The fourth-order valence-corrected chi connectivity index (χ4v) is 5.88. The van der Waals surface area contributed by atoms with Crippen LogP contribution in [0.25, 0.3) is 0 Å². The molecule has 136 valence electrons. The SMILES string of the molecule is CC[C@@H]1CN(S(=O)(=O)N2C[C@H](C)C[C@H](C)C2)CCN1C[C@H](C)O. The second-order valence-corrected chi connectivity index (χ2v) is 9.46. The van der Waals surface area contributed by atoms with Crippen LogP contribution >= 0.6 is 0 Å². The van der Waals surface area contributed by atoms with Gasteiger partial charge >= 0.3 is 0 Å². The Morgan fingerprint density at radius 2 is 1.70 bits per heavy atom. The fraction of sp³-hybridized carbons (Fsp3) is 1.00. The lowest BCUT2D eigenvalue weighted by atomic mass is 9.94. The standard InChI is InChI=1S/C16H33N3O3S/c1-5-16-12-18(7-6-17(16)11-15(4)20)23(21,22)19-9-13(2)8-14(3)10-19/h13-16,20H,5-12H2,1-4H3/t13-,14+,15-,16+/m0/s1. The molecule has 2 aliphatic rings. The molecule has 2 heterocycles. The summed E-state index contributed by atoms with van der Waals surface area (Å²) in [5, 5.41) is 9.62. The molecule has 4 atom stereocenters. The second-order valence-electron chi connectivity index (χ2n) is 7.53. The van der Waals surface area contributed by atoms with Gasteiger partial charge in [0, 0.05) is 45.3 Å². The number of piperidine rings is 1. The monoisotopic (exact) mass is 347 g/mol. The first kappa shape index (κ1) is 19.1. The second kappa shape index (κ2) is 7.78. The Morgan fingerprint density at radius 1 is 1.09 bits per heavy atom. The molecule has 7 heteroatoms. The Morgan fingerprint density at radius 3 is 2.22 bits per heavy atom. The van der Waals surface area contributed by atoms with Gasteiger partial charge in [-0.05, 0) is 31.6 Å². The first-order valence-electron chi connectivity index (χ1n) is 8.91. The van der Waals surface area contributed by atoms with Gasteiger partial charge in [0.25, 0.3) is 10.2 Å². The van der Waals surface area contributed by atoms with Crippen molar-refractivity contribution in [2.75, 3.05) is 39.3 Å². The predicted molar refractivity (Wildman–Crippen MR) is 92.3 cm³/mol. The summed E-state index contributed by atoms with van der Waals surface area (Å²) in [6, 6.07) is 0.188. The molecule has 0 unspecified atom stereocenters. The van der Waals surface area contributed by atoms with Crippen LogP contribution in [0.2, 0.25) is 0 Å². The maximum absolute atomic E-state index is 13.0. The zero-order chi connectivity index (χ0) is 17.2. The summed E-state index contributed by atoms with van der Waals surface area (Å²) >= 11 is 0. The molecule has 0 amide bonds. The molecule has 2 rings (SSSR count). The number of aliphatic hydroxyl groups excluding tert-OH is 1. The van der Waals surface area contributed by atoms with Crippen molar-refractivity contribution in [3.05, 3.63) is 0 Å². The summed E-state index contributed by atoms with van der Waals surface area (Å²) in [5.41, 5.74) is 0. The van der Waals surface area contributed by atoms with Gasteiger partial charge in [-0.3, -0.25) is 4.90 Å². The summed E-state index contributed by atoms with van der Waals surface area (Å²) in [6.07, 6.45) is 1.62. The maximum Gasteiger partial charge on any atom is 0.282 e. The highest BCUT2D eigenvalue weighted by Gasteiger charge is 2.38. The molecular weight excluding hydrogens is 314 g/mol. The van der Waals surface area contributed by atoms with Gasteiger partial charge in [0.05, 0.1) is 6.10 Å². The van der Waals surface area contributed by atoms with Crippen molar-refractivity contribution in [1.82, 2.24) is 13.5 Å². The van der Waals surface area contributed by atoms with Crippen LogP contribution in [0.3, 0.4) is 0 Å². The summed E-state index contributed by atoms with van der Waals surface area (Å²) in [4.78, 5) is 2.22. The van der Waals surface area contributed by atoms with Gasteiger partial charge < -0.3 is 5.11 Å². The van der Waals surface area contributed by atoms with Crippen molar-refractivity contribution in [1.29, 1.82) is 0 Å². The van der Waals surface area contributed by atoms with Crippen molar-refractivity contribution < 1.29 is 13.5 Å². The molecule has 23 heavy (non-hydrogen) atoms.